The first kappa shape index (κ1) is 17.2. The van der Waals surface area contributed by atoms with Gasteiger partial charge in [-0.25, -0.2) is 4.39 Å². The number of fused-ring (bicyclic) bond motifs is 2. The molecule has 0 atom stereocenters. The molecule has 132 valence electrons. The van der Waals surface area contributed by atoms with E-state index in [1.54, 1.807) is 10.6 Å². The number of benzene rings is 3. The Morgan fingerprint density at radius 3 is 2.81 bits per heavy atom. The third-order valence-corrected chi connectivity index (χ3v) is 5.38. The first-order valence-corrected chi connectivity index (χ1v) is 9.24. The Labute approximate surface area is 159 Å². The number of hydrogen-bond donors (Lipinski definition) is 0. The highest BCUT2D eigenvalue weighted by Gasteiger charge is 2.10. The Kier molecular flexibility index (Phi) is 4.57. The van der Waals surface area contributed by atoms with Gasteiger partial charge in [0, 0.05) is 0 Å². The van der Waals surface area contributed by atoms with Crippen molar-refractivity contribution in [2.75, 3.05) is 0 Å². The van der Waals surface area contributed by atoms with Gasteiger partial charge >= 0.3 is 0 Å². The van der Waals surface area contributed by atoms with Crippen molar-refractivity contribution in [1.29, 1.82) is 0 Å². The van der Waals surface area contributed by atoms with Crippen LogP contribution in [0.1, 0.15) is 5.56 Å². The van der Waals surface area contributed by atoms with E-state index in [1.165, 1.54) is 23.5 Å². The zero-order valence-corrected chi connectivity index (χ0v) is 15.2. The van der Waals surface area contributed by atoms with Gasteiger partial charge in [-0.05, 0) is 34.5 Å². The molecule has 1 amide bonds. The first-order chi connectivity index (χ1) is 13.2. The monoisotopic (exact) mass is 374 g/mol. The number of rotatable bonds is 3. The van der Waals surface area contributed by atoms with Crippen LogP contribution in [0.25, 0.3) is 21.0 Å². The fourth-order valence-electron chi connectivity index (χ4n) is 3.13. The summed E-state index contributed by atoms with van der Waals surface area (Å²) in [6, 6.07) is 18.3. The lowest BCUT2D eigenvalue weighted by atomic mass is 10.0. The zero-order chi connectivity index (χ0) is 18.8. The average Bonchev–Trinajstić information content (AvgIpc) is 2.98. The highest BCUT2D eigenvalue weighted by atomic mass is 32.1. The number of carbonyl (C=O) groups is 1. The Bertz CT molecular complexity index is 1270. The number of hydrogen-bond acceptors (Lipinski definition) is 2. The molecular formula is C22H15FN2OS. The fraction of sp³-hybridized carbons (Fsp3) is 0.0909. The van der Waals surface area contributed by atoms with Gasteiger partial charge in [0.2, 0.25) is 0 Å². The summed E-state index contributed by atoms with van der Waals surface area (Å²) in [6.07, 6.45) is 5.65. The van der Waals surface area contributed by atoms with Crippen molar-refractivity contribution in [3.63, 3.8) is 0 Å². The maximum absolute atomic E-state index is 13.5. The maximum atomic E-state index is 13.5. The van der Waals surface area contributed by atoms with Crippen molar-refractivity contribution in [2.45, 2.75) is 13.0 Å². The van der Waals surface area contributed by atoms with E-state index in [1.807, 2.05) is 42.5 Å². The Hall–Kier alpha value is -3.23. The van der Waals surface area contributed by atoms with Gasteiger partial charge in [-0.3, -0.25) is 4.79 Å². The predicted molar refractivity (Wildman–Crippen MR) is 107 cm³/mol. The number of aromatic nitrogens is 1. The number of halogens is 1. The van der Waals surface area contributed by atoms with Gasteiger partial charge in [0.05, 0.1) is 23.2 Å². The predicted octanol–water partition coefficient (Wildman–Crippen LogP) is 4.30. The minimum atomic E-state index is -0.328. The van der Waals surface area contributed by atoms with Crippen LogP contribution >= 0.6 is 11.3 Å². The summed E-state index contributed by atoms with van der Waals surface area (Å²) in [5.74, 6) is 1.98. The second-order valence-electron chi connectivity index (χ2n) is 6.11. The Morgan fingerprint density at radius 2 is 1.96 bits per heavy atom. The van der Waals surface area contributed by atoms with E-state index in [2.05, 4.69) is 10.9 Å². The molecule has 5 heteroatoms. The van der Waals surface area contributed by atoms with Crippen LogP contribution in [0.2, 0.25) is 0 Å². The van der Waals surface area contributed by atoms with Gasteiger partial charge in [0.1, 0.15) is 5.82 Å². The smallest absolute Gasteiger partial charge is 0.252 e. The summed E-state index contributed by atoms with van der Waals surface area (Å²) in [5.41, 5.74) is 1.70. The van der Waals surface area contributed by atoms with E-state index in [0.29, 0.717) is 9.50 Å². The number of nitrogens with zero attached hydrogens (tertiary/aromatic N) is 2. The summed E-state index contributed by atoms with van der Waals surface area (Å²) in [5, 5.41) is 2.13. The molecule has 4 rings (SSSR count). The van der Waals surface area contributed by atoms with Crippen LogP contribution in [0.3, 0.4) is 0 Å². The van der Waals surface area contributed by atoms with Gasteiger partial charge in [-0.2, -0.15) is 4.99 Å². The molecule has 0 saturated heterocycles. The number of thiazole rings is 1. The molecule has 0 unspecified atom stereocenters. The van der Waals surface area contributed by atoms with Crippen LogP contribution in [0.4, 0.5) is 4.39 Å². The Balaban J connectivity index is 1.76. The van der Waals surface area contributed by atoms with E-state index >= 15 is 0 Å². The first-order valence-electron chi connectivity index (χ1n) is 8.42. The zero-order valence-electron chi connectivity index (χ0n) is 14.4. The van der Waals surface area contributed by atoms with Crippen molar-refractivity contribution >= 4 is 38.2 Å². The summed E-state index contributed by atoms with van der Waals surface area (Å²) in [7, 11) is 0. The topological polar surface area (TPSA) is 34.4 Å². The van der Waals surface area contributed by atoms with E-state index in [4.69, 9.17) is 6.42 Å². The van der Waals surface area contributed by atoms with E-state index in [0.717, 1.165) is 21.9 Å². The lowest BCUT2D eigenvalue weighted by molar-refractivity contribution is -0.117. The average molecular weight is 374 g/mol. The summed E-state index contributed by atoms with van der Waals surface area (Å²) >= 11 is 1.26. The highest BCUT2D eigenvalue weighted by molar-refractivity contribution is 7.16. The van der Waals surface area contributed by atoms with Crippen molar-refractivity contribution in [2.24, 2.45) is 4.99 Å². The lowest BCUT2D eigenvalue weighted by Crippen LogP contribution is -2.17. The summed E-state index contributed by atoms with van der Waals surface area (Å²) in [6.45, 7) is 0.270. The van der Waals surface area contributed by atoms with Crippen molar-refractivity contribution in [3.8, 4) is 12.3 Å². The molecule has 27 heavy (non-hydrogen) atoms. The summed E-state index contributed by atoms with van der Waals surface area (Å²) < 4.78 is 16.0. The van der Waals surface area contributed by atoms with Gasteiger partial charge in [-0.1, -0.05) is 59.7 Å². The van der Waals surface area contributed by atoms with E-state index in [-0.39, 0.29) is 24.7 Å². The maximum Gasteiger partial charge on any atom is 0.252 e. The molecule has 0 aliphatic carbocycles. The molecule has 1 heterocycles. The number of carbonyl (C=O) groups excluding carboxylic acids is 1. The number of terminal acetylenes is 1. The lowest BCUT2D eigenvalue weighted by Gasteiger charge is -2.04. The van der Waals surface area contributed by atoms with Crippen LogP contribution in [-0.4, -0.2) is 10.5 Å². The summed E-state index contributed by atoms with van der Waals surface area (Å²) in [4.78, 5) is 17.4. The quantitative estimate of drug-likeness (QED) is 0.493. The van der Waals surface area contributed by atoms with Crippen LogP contribution in [0.5, 0.6) is 0 Å². The molecule has 0 bridgehead atoms. The van der Waals surface area contributed by atoms with Crippen molar-refractivity contribution in [1.82, 2.24) is 4.57 Å². The molecular weight excluding hydrogens is 359 g/mol. The van der Waals surface area contributed by atoms with E-state index in [9.17, 15) is 9.18 Å². The second kappa shape index (κ2) is 7.18. The SMILES string of the molecule is C#CCn1c(=NC(=O)Cc2cccc3ccccc23)sc2cc(F)ccc21. The molecule has 4 aromatic rings. The van der Waals surface area contributed by atoms with Crippen LogP contribution < -0.4 is 4.80 Å². The molecule has 0 N–H and O–H groups in total. The molecule has 0 aliphatic rings. The third-order valence-electron chi connectivity index (χ3n) is 4.34. The fourth-order valence-corrected chi connectivity index (χ4v) is 4.20. The second-order valence-corrected chi connectivity index (χ2v) is 7.12. The van der Waals surface area contributed by atoms with Crippen LogP contribution in [-0.2, 0) is 17.8 Å². The van der Waals surface area contributed by atoms with Crippen molar-refractivity contribution in [3.05, 3.63) is 76.8 Å². The highest BCUT2D eigenvalue weighted by Crippen LogP contribution is 2.20. The molecule has 0 radical (unpaired) electrons. The molecule has 3 aromatic carbocycles. The standard InChI is InChI=1S/C22H15FN2OS/c1-2-12-25-19-11-10-17(23)14-20(19)27-22(25)24-21(26)13-16-8-5-7-15-6-3-4-9-18(15)16/h1,3-11,14H,12-13H2. The largest absolute Gasteiger partial charge is 0.305 e. The van der Waals surface area contributed by atoms with E-state index < -0.39 is 0 Å². The molecule has 0 spiro atoms. The number of amides is 1. The minimum absolute atomic E-state index is 0.194. The van der Waals surface area contributed by atoms with Crippen LogP contribution in [0, 0.1) is 18.2 Å². The molecule has 0 aliphatic heterocycles. The minimum Gasteiger partial charge on any atom is -0.305 e. The third kappa shape index (κ3) is 3.40. The molecule has 0 saturated carbocycles. The molecule has 1 aromatic heterocycles. The van der Waals surface area contributed by atoms with Crippen molar-refractivity contribution < 1.29 is 9.18 Å². The van der Waals surface area contributed by atoms with Gasteiger partial charge < -0.3 is 4.57 Å². The van der Waals surface area contributed by atoms with Gasteiger partial charge in [-0.15, -0.1) is 6.42 Å². The van der Waals surface area contributed by atoms with Crippen LogP contribution in [0.15, 0.2) is 65.7 Å². The van der Waals surface area contributed by atoms with Gasteiger partial charge in [0.25, 0.3) is 5.91 Å². The normalized spacial score (nSPS) is 11.8. The molecule has 3 nitrogen and oxygen atoms in total. The molecule has 0 fully saturated rings. The van der Waals surface area contributed by atoms with Gasteiger partial charge in [0.15, 0.2) is 4.80 Å². The Morgan fingerprint density at radius 1 is 1.15 bits per heavy atom.